The normalized spacial score (nSPS) is 17.3. The smallest absolute Gasteiger partial charge is 0.314 e. The summed E-state index contributed by atoms with van der Waals surface area (Å²) < 4.78 is 24.9. The highest BCUT2D eigenvalue weighted by Crippen LogP contribution is 2.20. The SMILES string of the molecule is CCCC[C@H]1C=CCN1C(=O)Nc1cccc(NS(C)(=O)=O)c1. The van der Waals surface area contributed by atoms with Gasteiger partial charge in [-0.3, -0.25) is 4.72 Å². The number of rotatable bonds is 6. The highest BCUT2D eigenvalue weighted by molar-refractivity contribution is 7.92. The molecule has 1 heterocycles. The maximum absolute atomic E-state index is 12.4. The van der Waals surface area contributed by atoms with Gasteiger partial charge < -0.3 is 10.2 Å². The van der Waals surface area contributed by atoms with Crippen molar-refractivity contribution in [1.82, 2.24) is 4.90 Å². The molecule has 6 nitrogen and oxygen atoms in total. The lowest BCUT2D eigenvalue weighted by atomic mass is 10.1. The van der Waals surface area contributed by atoms with Crippen LogP contribution >= 0.6 is 0 Å². The number of anilines is 2. The van der Waals surface area contributed by atoms with Crippen molar-refractivity contribution in [2.45, 2.75) is 32.2 Å². The summed E-state index contributed by atoms with van der Waals surface area (Å²) in [4.78, 5) is 14.2. The van der Waals surface area contributed by atoms with Gasteiger partial charge in [-0.15, -0.1) is 0 Å². The van der Waals surface area contributed by atoms with Crippen molar-refractivity contribution in [3.8, 4) is 0 Å². The molecule has 0 aromatic heterocycles. The molecule has 1 aliphatic rings. The standard InChI is InChI=1S/C16H23N3O3S/c1-3-4-9-15-10-6-11-19(15)16(20)17-13-7-5-8-14(12-13)18-23(2,21)22/h5-8,10,12,15,18H,3-4,9,11H2,1-2H3,(H,17,20)/t15-/m0/s1. The van der Waals surface area contributed by atoms with Crippen LogP contribution in [0, 0.1) is 0 Å². The first kappa shape index (κ1) is 17.3. The number of benzene rings is 1. The third-order valence-corrected chi connectivity index (χ3v) is 4.20. The van der Waals surface area contributed by atoms with Crippen LogP contribution in [0.4, 0.5) is 16.2 Å². The van der Waals surface area contributed by atoms with Crippen LogP contribution in [0.25, 0.3) is 0 Å². The molecule has 2 amide bonds. The Kier molecular flexibility index (Phi) is 5.65. The van der Waals surface area contributed by atoms with E-state index in [9.17, 15) is 13.2 Å². The van der Waals surface area contributed by atoms with Crippen molar-refractivity contribution in [2.75, 3.05) is 22.8 Å². The Bertz CT molecular complexity index is 686. The fourth-order valence-electron chi connectivity index (χ4n) is 2.54. The third kappa shape index (κ3) is 5.28. The Morgan fingerprint density at radius 1 is 1.35 bits per heavy atom. The molecule has 0 radical (unpaired) electrons. The topological polar surface area (TPSA) is 78.5 Å². The van der Waals surface area contributed by atoms with E-state index >= 15 is 0 Å². The molecule has 0 spiro atoms. The molecule has 2 rings (SSSR count). The monoisotopic (exact) mass is 337 g/mol. The molecule has 2 N–H and O–H groups in total. The van der Waals surface area contributed by atoms with E-state index in [2.05, 4.69) is 23.0 Å². The number of urea groups is 1. The number of nitrogens with zero attached hydrogens (tertiary/aromatic N) is 1. The highest BCUT2D eigenvalue weighted by atomic mass is 32.2. The molecule has 0 saturated heterocycles. The predicted octanol–water partition coefficient (Wildman–Crippen LogP) is 3.02. The molecule has 7 heteroatoms. The summed E-state index contributed by atoms with van der Waals surface area (Å²) in [5.41, 5.74) is 0.983. The quantitative estimate of drug-likeness (QED) is 0.783. The lowest BCUT2D eigenvalue weighted by molar-refractivity contribution is 0.208. The van der Waals surface area contributed by atoms with E-state index < -0.39 is 10.0 Å². The van der Waals surface area contributed by atoms with Crippen molar-refractivity contribution >= 4 is 27.4 Å². The minimum atomic E-state index is -3.34. The van der Waals surface area contributed by atoms with Crippen molar-refractivity contribution in [1.29, 1.82) is 0 Å². The van der Waals surface area contributed by atoms with Crippen LogP contribution < -0.4 is 10.0 Å². The fourth-order valence-corrected chi connectivity index (χ4v) is 3.09. The van der Waals surface area contributed by atoms with E-state index in [4.69, 9.17) is 0 Å². The van der Waals surface area contributed by atoms with Gasteiger partial charge in [0.2, 0.25) is 10.0 Å². The number of nitrogens with one attached hydrogen (secondary N) is 2. The molecule has 0 saturated carbocycles. The Balaban J connectivity index is 2.01. The van der Waals surface area contributed by atoms with E-state index in [0.29, 0.717) is 17.9 Å². The Hall–Kier alpha value is -2.02. The molecular weight excluding hydrogens is 314 g/mol. The molecule has 1 atom stereocenters. The molecular formula is C16H23N3O3S. The number of sulfonamides is 1. The molecule has 1 aromatic rings. The van der Waals surface area contributed by atoms with E-state index in [0.717, 1.165) is 25.5 Å². The van der Waals surface area contributed by atoms with E-state index in [1.165, 1.54) is 0 Å². The third-order valence-electron chi connectivity index (χ3n) is 3.59. The van der Waals surface area contributed by atoms with Crippen LogP contribution in [0.3, 0.4) is 0 Å². The molecule has 1 aromatic carbocycles. The number of hydrogen-bond donors (Lipinski definition) is 2. The van der Waals surface area contributed by atoms with Crippen molar-refractivity contribution in [2.24, 2.45) is 0 Å². The van der Waals surface area contributed by atoms with Crippen LogP contribution in [0.2, 0.25) is 0 Å². The maximum Gasteiger partial charge on any atom is 0.322 e. The van der Waals surface area contributed by atoms with Gasteiger partial charge in [0, 0.05) is 12.2 Å². The zero-order chi connectivity index (χ0) is 16.9. The summed E-state index contributed by atoms with van der Waals surface area (Å²) >= 11 is 0. The lowest BCUT2D eigenvalue weighted by Gasteiger charge is -2.25. The summed E-state index contributed by atoms with van der Waals surface area (Å²) in [5.74, 6) is 0. The second-order valence-electron chi connectivity index (χ2n) is 5.68. The Morgan fingerprint density at radius 3 is 2.78 bits per heavy atom. The first-order chi connectivity index (χ1) is 10.9. The summed E-state index contributed by atoms with van der Waals surface area (Å²) in [6.07, 6.45) is 8.28. The van der Waals surface area contributed by atoms with Gasteiger partial charge in [-0.25, -0.2) is 13.2 Å². The van der Waals surface area contributed by atoms with E-state index in [1.54, 1.807) is 29.2 Å². The minimum absolute atomic E-state index is 0.132. The highest BCUT2D eigenvalue weighted by Gasteiger charge is 2.24. The molecule has 126 valence electrons. The molecule has 0 fully saturated rings. The average Bonchev–Trinajstić information content (AvgIpc) is 2.92. The molecule has 0 unspecified atom stereocenters. The maximum atomic E-state index is 12.4. The molecule has 1 aliphatic heterocycles. The zero-order valence-electron chi connectivity index (χ0n) is 13.5. The summed E-state index contributed by atoms with van der Waals surface area (Å²) in [6.45, 7) is 2.73. The zero-order valence-corrected chi connectivity index (χ0v) is 14.3. The molecule has 23 heavy (non-hydrogen) atoms. The Morgan fingerprint density at radius 2 is 2.09 bits per heavy atom. The van der Waals surface area contributed by atoms with Crippen molar-refractivity contribution in [3.63, 3.8) is 0 Å². The molecule has 0 bridgehead atoms. The number of hydrogen-bond acceptors (Lipinski definition) is 3. The van der Waals surface area contributed by atoms with Gasteiger partial charge in [-0.1, -0.05) is 38.0 Å². The van der Waals surface area contributed by atoms with Crippen LogP contribution in [0.15, 0.2) is 36.4 Å². The first-order valence-electron chi connectivity index (χ1n) is 7.71. The van der Waals surface area contributed by atoms with Crippen LogP contribution in [0.5, 0.6) is 0 Å². The predicted molar refractivity (Wildman–Crippen MR) is 93.1 cm³/mol. The number of carbonyl (C=O) groups is 1. The van der Waals surface area contributed by atoms with Crippen LogP contribution in [0.1, 0.15) is 26.2 Å². The average molecular weight is 337 g/mol. The summed E-state index contributed by atoms with van der Waals surface area (Å²) in [5, 5.41) is 2.83. The van der Waals surface area contributed by atoms with Gasteiger partial charge in [0.25, 0.3) is 0 Å². The van der Waals surface area contributed by atoms with Crippen LogP contribution in [-0.4, -0.2) is 38.2 Å². The van der Waals surface area contributed by atoms with Gasteiger partial charge in [0.1, 0.15) is 0 Å². The number of unbranched alkanes of at least 4 members (excludes halogenated alkanes) is 1. The summed E-state index contributed by atoms with van der Waals surface area (Å²) in [7, 11) is -3.34. The number of carbonyl (C=O) groups excluding carboxylic acids is 1. The van der Waals surface area contributed by atoms with E-state index in [-0.39, 0.29) is 12.1 Å². The lowest BCUT2D eigenvalue weighted by Crippen LogP contribution is -2.39. The van der Waals surface area contributed by atoms with Crippen molar-refractivity contribution in [3.05, 3.63) is 36.4 Å². The second-order valence-corrected chi connectivity index (χ2v) is 7.42. The van der Waals surface area contributed by atoms with Gasteiger partial charge in [0.05, 0.1) is 18.0 Å². The second kappa shape index (κ2) is 7.50. The molecule has 0 aliphatic carbocycles. The first-order valence-corrected chi connectivity index (χ1v) is 9.60. The number of amides is 2. The van der Waals surface area contributed by atoms with Gasteiger partial charge in [-0.2, -0.15) is 0 Å². The van der Waals surface area contributed by atoms with Gasteiger partial charge in [0.15, 0.2) is 0 Å². The van der Waals surface area contributed by atoms with Crippen LogP contribution in [-0.2, 0) is 10.0 Å². The summed E-state index contributed by atoms with van der Waals surface area (Å²) in [6, 6.07) is 6.62. The largest absolute Gasteiger partial charge is 0.322 e. The fraction of sp³-hybridized carbons (Fsp3) is 0.438. The van der Waals surface area contributed by atoms with Gasteiger partial charge >= 0.3 is 6.03 Å². The van der Waals surface area contributed by atoms with E-state index in [1.807, 2.05) is 6.08 Å². The van der Waals surface area contributed by atoms with Gasteiger partial charge in [-0.05, 0) is 24.6 Å². The minimum Gasteiger partial charge on any atom is -0.314 e. The Labute approximate surface area is 137 Å². The van der Waals surface area contributed by atoms with Crippen molar-refractivity contribution < 1.29 is 13.2 Å².